The van der Waals surface area contributed by atoms with Gasteiger partial charge in [-0.1, -0.05) is 25.6 Å². The number of carbonyl (C=O) groups excluding carboxylic acids is 1. The summed E-state index contributed by atoms with van der Waals surface area (Å²) in [6, 6.07) is 9.11. The molecule has 7 nitrogen and oxygen atoms in total. The van der Waals surface area contributed by atoms with E-state index < -0.39 is 27.7 Å². The van der Waals surface area contributed by atoms with Crippen molar-refractivity contribution in [2.24, 2.45) is 5.92 Å². The van der Waals surface area contributed by atoms with Crippen LogP contribution >= 0.6 is 11.8 Å². The fourth-order valence-corrected chi connectivity index (χ4v) is 4.84. The van der Waals surface area contributed by atoms with Crippen LogP contribution in [0.3, 0.4) is 0 Å². The van der Waals surface area contributed by atoms with Crippen LogP contribution in [0.15, 0.2) is 52.3 Å². The van der Waals surface area contributed by atoms with Crippen molar-refractivity contribution in [3.05, 3.63) is 42.5 Å². The summed E-state index contributed by atoms with van der Waals surface area (Å²) < 4.78 is 64.3. The summed E-state index contributed by atoms with van der Waals surface area (Å²) in [7, 11) is -4.04. The Bertz CT molecular complexity index is 1050. The number of fused-ring (bicyclic) bond motifs is 1. The summed E-state index contributed by atoms with van der Waals surface area (Å²) in [6.07, 6.45) is 0.687. The second kappa shape index (κ2) is 10.5. The Morgan fingerprint density at radius 3 is 2.31 bits per heavy atom. The summed E-state index contributed by atoms with van der Waals surface area (Å²) in [6.45, 7) is 4.32. The van der Waals surface area contributed by atoms with E-state index in [1.807, 2.05) is 0 Å². The molecule has 1 heterocycles. The van der Waals surface area contributed by atoms with E-state index in [9.17, 15) is 22.0 Å². The van der Waals surface area contributed by atoms with Crippen LogP contribution < -0.4 is 19.5 Å². The topological polar surface area (TPSA) is 93.7 Å². The molecule has 0 bridgehead atoms. The van der Waals surface area contributed by atoms with Gasteiger partial charge in [0.05, 0.1) is 18.1 Å². The van der Waals surface area contributed by atoms with E-state index in [-0.39, 0.29) is 10.8 Å². The number of thioether (sulfide) groups is 1. The number of alkyl halides is 2. The number of sulfonamides is 1. The maximum absolute atomic E-state index is 13.0. The molecule has 1 aliphatic heterocycles. The monoisotopic (exact) mass is 486 g/mol. The fourth-order valence-electron chi connectivity index (χ4n) is 2.98. The molecule has 3 rings (SSSR count). The van der Waals surface area contributed by atoms with E-state index in [1.165, 1.54) is 42.5 Å². The molecule has 2 N–H and O–H groups in total. The predicted molar refractivity (Wildman–Crippen MR) is 118 cm³/mol. The second-order valence-electron chi connectivity index (χ2n) is 7.39. The number of rotatable bonds is 8. The number of anilines is 1. The van der Waals surface area contributed by atoms with Crippen LogP contribution in [-0.4, -0.2) is 39.3 Å². The molecule has 174 valence electrons. The third-order valence-corrected chi connectivity index (χ3v) is 6.77. The number of halogens is 2. The molecule has 2 aromatic rings. The van der Waals surface area contributed by atoms with Crippen LogP contribution in [0.4, 0.5) is 14.5 Å². The van der Waals surface area contributed by atoms with Crippen molar-refractivity contribution >= 4 is 33.4 Å². The molecule has 1 amide bonds. The lowest BCUT2D eigenvalue weighted by atomic mass is 10.0. The van der Waals surface area contributed by atoms with Crippen LogP contribution in [0.1, 0.15) is 20.3 Å². The van der Waals surface area contributed by atoms with Gasteiger partial charge in [0.2, 0.25) is 15.9 Å². The normalized spacial score (nSPS) is 14.8. The molecule has 11 heteroatoms. The van der Waals surface area contributed by atoms with Gasteiger partial charge in [0.15, 0.2) is 11.5 Å². The van der Waals surface area contributed by atoms with E-state index in [4.69, 9.17) is 9.47 Å². The average Bonchev–Trinajstić information content (AvgIpc) is 2.97. The third kappa shape index (κ3) is 6.33. The van der Waals surface area contributed by atoms with Crippen molar-refractivity contribution in [3.8, 4) is 11.5 Å². The van der Waals surface area contributed by atoms with Gasteiger partial charge >= 0.3 is 0 Å². The van der Waals surface area contributed by atoms with Gasteiger partial charge in [0.25, 0.3) is 5.76 Å². The van der Waals surface area contributed by atoms with Gasteiger partial charge < -0.3 is 14.8 Å². The van der Waals surface area contributed by atoms with Gasteiger partial charge in [-0.15, -0.1) is 0 Å². The smallest absolute Gasteiger partial charge is 0.288 e. The van der Waals surface area contributed by atoms with Crippen molar-refractivity contribution in [2.45, 2.75) is 41.9 Å². The molecule has 1 atom stereocenters. The van der Waals surface area contributed by atoms with Gasteiger partial charge in [0.1, 0.15) is 6.04 Å². The lowest BCUT2D eigenvalue weighted by Gasteiger charge is -2.22. The summed E-state index contributed by atoms with van der Waals surface area (Å²) in [4.78, 5) is 13.1. The Morgan fingerprint density at radius 1 is 1.03 bits per heavy atom. The highest BCUT2D eigenvalue weighted by molar-refractivity contribution is 7.99. The van der Waals surface area contributed by atoms with E-state index >= 15 is 0 Å². The Labute approximate surface area is 189 Å². The molecule has 0 aromatic heterocycles. The molecule has 32 heavy (non-hydrogen) atoms. The maximum Gasteiger partial charge on any atom is 0.288 e. The molecule has 0 aliphatic carbocycles. The van der Waals surface area contributed by atoms with Crippen LogP contribution in [0.25, 0.3) is 0 Å². The van der Waals surface area contributed by atoms with E-state index in [1.54, 1.807) is 13.8 Å². The first kappa shape index (κ1) is 24.3. The second-order valence-corrected chi connectivity index (χ2v) is 10.2. The van der Waals surface area contributed by atoms with Crippen molar-refractivity contribution < 1.29 is 31.5 Å². The summed E-state index contributed by atoms with van der Waals surface area (Å²) in [5.41, 5.74) is 0.369. The van der Waals surface area contributed by atoms with Crippen molar-refractivity contribution in [3.63, 3.8) is 0 Å². The summed E-state index contributed by atoms with van der Waals surface area (Å²) >= 11 is 0.397. The number of hydrogen-bond donors (Lipinski definition) is 2. The number of carbonyl (C=O) groups is 1. The lowest BCUT2D eigenvalue weighted by molar-refractivity contribution is -0.118. The van der Waals surface area contributed by atoms with Crippen molar-refractivity contribution in [2.75, 3.05) is 18.5 Å². The molecule has 2 aromatic carbocycles. The Morgan fingerprint density at radius 2 is 1.69 bits per heavy atom. The minimum atomic E-state index is -4.04. The van der Waals surface area contributed by atoms with Crippen LogP contribution in [0, 0.1) is 5.92 Å². The van der Waals surface area contributed by atoms with E-state index in [0.717, 1.165) is 0 Å². The average molecular weight is 487 g/mol. The van der Waals surface area contributed by atoms with E-state index in [2.05, 4.69) is 10.0 Å². The highest BCUT2D eigenvalue weighted by Crippen LogP contribution is 2.32. The van der Waals surface area contributed by atoms with Gasteiger partial charge in [0, 0.05) is 23.1 Å². The van der Waals surface area contributed by atoms with Gasteiger partial charge in [-0.3, -0.25) is 4.79 Å². The first-order valence-electron chi connectivity index (χ1n) is 9.93. The fraction of sp³-hybridized carbons (Fsp3) is 0.381. The Kier molecular flexibility index (Phi) is 7.96. The third-order valence-electron chi connectivity index (χ3n) is 4.61. The first-order chi connectivity index (χ1) is 15.2. The van der Waals surface area contributed by atoms with Crippen LogP contribution in [-0.2, 0) is 14.8 Å². The largest absolute Gasteiger partial charge is 0.490 e. The molecular formula is C21H24F2N2O5S2. The molecule has 0 radical (unpaired) electrons. The molecule has 0 saturated carbocycles. The molecule has 0 saturated heterocycles. The molecule has 1 aliphatic rings. The zero-order valence-corrected chi connectivity index (χ0v) is 19.1. The van der Waals surface area contributed by atoms with Crippen LogP contribution in [0.5, 0.6) is 11.5 Å². The van der Waals surface area contributed by atoms with Crippen LogP contribution in [0.2, 0.25) is 0 Å². The molecule has 0 spiro atoms. The minimum Gasteiger partial charge on any atom is -0.490 e. The Balaban J connectivity index is 1.74. The van der Waals surface area contributed by atoms with Gasteiger partial charge in [-0.25, -0.2) is 8.42 Å². The predicted octanol–water partition coefficient (Wildman–Crippen LogP) is 4.10. The lowest BCUT2D eigenvalue weighted by Crippen LogP contribution is -2.47. The number of hydrogen-bond acceptors (Lipinski definition) is 6. The summed E-state index contributed by atoms with van der Waals surface area (Å²) in [5, 5.41) is 2.63. The maximum atomic E-state index is 13.0. The zero-order chi connectivity index (χ0) is 23.3. The number of ether oxygens (including phenoxy) is 2. The van der Waals surface area contributed by atoms with Crippen molar-refractivity contribution in [1.82, 2.24) is 4.72 Å². The zero-order valence-electron chi connectivity index (χ0n) is 17.5. The highest BCUT2D eigenvalue weighted by Gasteiger charge is 2.29. The minimum absolute atomic E-state index is 0.0476. The van der Waals surface area contributed by atoms with Gasteiger partial charge in [-0.05, 0) is 42.3 Å². The van der Waals surface area contributed by atoms with Crippen molar-refractivity contribution in [1.29, 1.82) is 0 Å². The molecule has 1 unspecified atom stereocenters. The Hall–Kier alpha value is -2.37. The number of nitrogens with one attached hydrogen (secondary N) is 2. The SMILES string of the molecule is CC(C)C(NS(=O)(=O)c1ccc2c(c1)OCCCO2)C(=O)Nc1ccc(SC(F)F)cc1. The first-order valence-corrected chi connectivity index (χ1v) is 12.3. The standard InChI is InChI=1S/C21H24F2N2O5S2/c1-13(2)19(20(26)24-14-4-6-15(7-5-14)31-21(22)23)25-32(27,28)16-8-9-17-18(12-16)30-11-3-10-29-17/h4-9,12-13,19,21,25H,3,10-11H2,1-2H3,(H,24,26). The van der Waals surface area contributed by atoms with Gasteiger partial charge in [-0.2, -0.15) is 13.5 Å². The molecule has 0 fully saturated rings. The van der Waals surface area contributed by atoms with E-state index in [0.29, 0.717) is 53.5 Å². The molecular weight excluding hydrogens is 462 g/mol. The number of benzene rings is 2. The quantitative estimate of drug-likeness (QED) is 0.546. The summed E-state index contributed by atoms with van der Waals surface area (Å²) in [5.74, 6) is -2.67. The number of amides is 1. The highest BCUT2D eigenvalue weighted by atomic mass is 32.2.